The zero-order valence-corrected chi connectivity index (χ0v) is 8.92. The van der Waals surface area contributed by atoms with E-state index < -0.39 is 0 Å². The fourth-order valence-corrected chi connectivity index (χ4v) is 0. The van der Waals surface area contributed by atoms with Crippen LogP contribution in [0.25, 0.3) is 0 Å². The second-order valence-electron chi connectivity index (χ2n) is 0. The summed E-state index contributed by atoms with van der Waals surface area (Å²) in [6.45, 7) is 0. The van der Waals surface area contributed by atoms with Gasteiger partial charge in [0.25, 0.3) is 0 Å². The average Bonchev–Trinajstić information content (AvgIpc) is 1.50. The quantitative estimate of drug-likeness (QED) is 0.561. The van der Waals surface area contributed by atoms with E-state index >= 15 is 0 Å². The first-order valence-electron chi connectivity index (χ1n) is 0.381. The molecule has 0 aromatic carbocycles. The molecule has 0 saturated carbocycles. The van der Waals surface area contributed by atoms with Gasteiger partial charge in [-0.2, -0.15) is 0 Å². The van der Waals surface area contributed by atoms with Crippen molar-refractivity contribution in [1.82, 2.24) is 0 Å². The molecule has 1 nitrogen and oxygen atoms in total. The van der Waals surface area contributed by atoms with Crippen LogP contribution in [0.4, 0.5) is 0 Å². The van der Waals surface area contributed by atoms with Crippen LogP contribution in [0.3, 0.4) is 0 Å². The Labute approximate surface area is 60.9 Å². The summed E-state index contributed by atoms with van der Waals surface area (Å²) < 4.78 is 8.39. The Balaban J connectivity index is 0. The van der Waals surface area contributed by atoms with Gasteiger partial charge in [-0.05, 0) is 0 Å². The molecule has 0 N–H and O–H groups in total. The second kappa shape index (κ2) is 19.6. The molecule has 0 saturated heterocycles. The van der Waals surface area contributed by atoms with Crippen LogP contribution in [-0.4, -0.2) is 0 Å². The van der Waals surface area contributed by atoms with Crippen LogP contribution < -0.4 is 0 Å². The van der Waals surface area contributed by atoms with E-state index in [4.69, 9.17) is 2.85 Å². The normalized spacial score (nSPS) is 1.75. The summed E-state index contributed by atoms with van der Waals surface area (Å²) in [5.41, 5.74) is 0. The van der Waals surface area contributed by atoms with E-state index in [-0.39, 0.29) is 24.4 Å². The van der Waals surface area contributed by atoms with Crippen LogP contribution >= 0.6 is 0 Å². The van der Waals surface area contributed by atoms with E-state index in [2.05, 4.69) is 12.3 Å². The third kappa shape index (κ3) is 8.95. The number of hydrogen-bond acceptors (Lipinski definition) is 1. The summed E-state index contributed by atoms with van der Waals surface area (Å²) in [5.74, 6) is 0. The fraction of sp³-hybridized carbons (Fsp3) is 0. The molecule has 0 unspecified atom stereocenters. The first kappa shape index (κ1) is 9.42. The van der Waals surface area contributed by atoms with Gasteiger partial charge in [-0.25, -0.2) is 0 Å². The van der Waals surface area contributed by atoms with Crippen molar-refractivity contribution in [3.63, 3.8) is 0 Å². The van der Waals surface area contributed by atoms with Gasteiger partial charge in [0.2, 0.25) is 0 Å². The van der Waals surface area contributed by atoms with Crippen LogP contribution in [0, 0.1) is 0 Å². The zero-order valence-electron chi connectivity index (χ0n) is 1.76. The number of rotatable bonds is 0. The summed E-state index contributed by atoms with van der Waals surface area (Å²) >= 11 is 4.70. The molecule has 4 heteroatoms. The van der Waals surface area contributed by atoms with Gasteiger partial charge in [-0.15, -0.1) is 0 Å². The summed E-state index contributed by atoms with van der Waals surface area (Å²) in [5, 5.41) is 0. The molecule has 0 aromatic heterocycles. The molecular weight excluding hydrogens is 342 g/mol. The van der Waals surface area contributed by atoms with E-state index in [1.54, 1.807) is 0 Å². The molecule has 22 valence electrons. The van der Waals surface area contributed by atoms with Gasteiger partial charge in [0, 0.05) is 0 Å². The van der Waals surface area contributed by atoms with Gasteiger partial charge in [-0.1, -0.05) is 0 Å². The number of hydrogen-bond donors (Lipinski definition) is 0. The van der Waals surface area contributed by atoms with Crippen LogP contribution in [0.5, 0.6) is 0 Å². The van der Waals surface area contributed by atoms with Crippen molar-refractivity contribution in [2.45, 2.75) is 0 Å². The van der Waals surface area contributed by atoms with Gasteiger partial charge in [0.1, 0.15) is 0 Å². The van der Waals surface area contributed by atoms with E-state index in [1.807, 2.05) is 0 Å². The minimum atomic E-state index is 0.0556. The van der Waals surface area contributed by atoms with Crippen LogP contribution in [0.2, 0.25) is 0 Å². The Morgan fingerprint density at radius 1 is 1.50 bits per heavy atom. The molecule has 0 atom stereocenters. The van der Waals surface area contributed by atoms with Crippen molar-refractivity contribution >= 4 is 0 Å². The van der Waals surface area contributed by atoms with Crippen LogP contribution in [-0.2, 0) is 61.9 Å². The molecule has 0 aliphatic heterocycles. The van der Waals surface area contributed by atoms with Crippen molar-refractivity contribution in [1.29, 1.82) is 0 Å². The molecule has 0 spiro atoms. The van der Waals surface area contributed by atoms with E-state index in [0.29, 0.717) is 0 Å². The van der Waals surface area contributed by atoms with E-state index in [1.165, 1.54) is 22.3 Å². The molecule has 0 amide bonds. The first-order valence-corrected chi connectivity index (χ1v) is 5.98. The van der Waals surface area contributed by atoms with Gasteiger partial charge in [0.05, 0.1) is 0 Å². The van der Waals surface area contributed by atoms with Crippen molar-refractivity contribution in [3.8, 4) is 0 Å². The molecular formula is FeHfOZr. The predicted molar refractivity (Wildman–Crippen MR) is 0.686 cm³/mol. The van der Waals surface area contributed by atoms with Crippen molar-refractivity contribution in [2.75, 3.05) is 0 Å². The van der Waals surface area contributed by atoms with Gasteiger partial charge >= 0.3 is 61.9 Å². The minimum absolute atomic E-state index is 0.0556. The molecule has 0 fully saturated rings. The van der Waals surface area contributed by atoms with Gasteiger partial charge in [-0.3, -0.25) is 0 Å². The molecule has 0 rings (SSSR count). The Hall–Kier alpha value is 2.07. The summed E-state index contributed by atoms with van der Waals surface area (Å²) in [6.07, 6.45) is 0. The van der Waals surface area contributed by atoms with E-state index in [9.17, 15) is 0 Å². The SMILES string of the molecule is [Fe][Zr].[O]=[Hf]. The Bertz CT molecular complexity index is 8.00. The van der Waals surface area contributed by atoms with Crippen LogP contribution in [0.1, 0.15) is 0 Å². The predicted octanol–water partition coefficient (Wildman–Crippen LogP) is -0.126. The van der Waals surface area contributed by atoms with Crippen molar-refractivity contribution < 1.29 is 61.9 Å². The van der Waals surface area contributed by atoms with Crippen molar-refractivity contribution in [3.05, 3.63) is 0 Å². The molecule has 0 radical (unpaired) electrons. The zero-order chi connectivity index (χ0) is 4.00. The standard InChI is InChI=1S/Fe.Hf.O.Zr. The maximum atomic E-state index is 8.39. The average molecular weight is 342 g/mol. The topological polar surface area (TPSA) is 17.1 Å². The summed E-state index contributed by atoms with van der Waals surface area (Å²) in [6, 6.07) is 0. The molecule has 4 heavy (non-hydrogen) atoms. The Kier molecular flexibility index (Phi) is 46.1. The van der Waals surface area contributed by atoms with Crippen LogP contribution in [0.15, 0.2) is 0 Å². The third-order valence-corrected chi connectivity index (χ3v) is 0. The first-order chi connectivity index (χ1) is 2.00. The molecule has 0 aliphatic carbocycles. The van der Waals surface area contributed by atoms with Gasteiger partial charge in [0.15, 0.2) is 0 Å². The third-order valence-electron chi connectivity index (χ3n) is 0. The molecule has 0 aliphatic rings. The summed E-state index contributed by atoms with van der Waals surface area (Å²) in [4.78, 5) is 0. The van der Waals surface area contributed by atoms with Gasteiger partial charge < -0.3 is 0 Å². The van der Waals surface area contributed by atoms with Crippen molar-refractivity contribution in [2.24, 2.45) is 0 Å². The van der Waals surface area contributed by atoms with E-state index in [0.717, 1.165) is 0 Å². The monoisotopic (exact) mass is 342 g/mol. The Morgan fingerprint density at radius 3 is 1.50 bits per heavy atom. The summed E-state index contributed by atoms with van der Waals surface area (Å²) in [7, 11) is 0. The second-order valence-corrected chi connectivity index (χ2v) is 0. The fourth-order valence-electron chi connectivity index (χ4n) is 0. The molecule has 0 aromatic rings. The maximum absolute atomic E-state index is 8.39. The molecule has 0 bridgehead atoms. The molecule has 0 heterocycles. The Morgan fingerprint density at radius 2 is 1.50 bits per heavy atom.